The molecule has 4 rings (SSSR count). The van der Waals surface area contributed by atoms with E-state index in [4.69, 9.17) is 4.52 Å². The number of fused-ring (bicyclic) bond motifs is 1. The van der Waals surface area contributed by atoms with Crippen molar-refractivity contribution in [3.05, 3.63) is 54.0 Å². The van der Waals surface area contributed by atoms with Crippen molar-refractivity contribution in [3.63, 3.8) is 0 Å². The summed E-state index contributed by atoms with van der Waals surface area (Å²) < 4.78 is 4.95. The first-order valence-corrected chi connectivity index (χ1v) is 10.6. The summed E-state index contributed by atoms with van der Waals surface area (Å²) in [6.45, 7) is 3.68. The standard InChI is InChI=1S/C20H18N4O2S2/c1-12-10-17(24-26-12)23-18(25)8-9-27-19-15-11-16(14-6-4-3-5-7-14)28-20(15)22-13(2)21-19/h3-7,10-11H,8-9H2,1-2H3,(H,23,24,25). The zero-order valence-electron chi connectivity index (χ0n) is 15.4. The van der Waals surface area contributed by atoms with Crippen LogP contribution in [0, 0.1) is 13.8 Å². The fraction of sp³-hybridized carbons (Fsp3) is 0.200. The van der Waals surface area contributed by atoms with Gasteiger partial charge in [0.1, 0.15) is 21.4 Å². The summed E-state index contributed by atoms with van der Waals surface area (Å²) in [5.74, 6) is 2.36. The summed E-state index contributed by atoms with van der Waals surface area (Å²) in [7, 11) is 0. The first kappa shape index (κ1) is 18.6. The lowest BCUT2D eigenvalue weighted by Crippen LogP contribution is -2.12. The van der Waals surface area contributed by atoms with Crippen LogP contribution in [0.3, 0.4) is 0 Å². The van der Waals surface area contributed by atoms with Crippen LogP contribution in [0.15, 0.2) is 52.0 Å². The molecule has 0 spiro atoms. The summed E-state index contributed by atoms with van der Waals surface area (Å²) in [6.07, 6.45) is 0.358. The quantitative estimate of drug-likeness (QED) is 0.352. The van der Waals surface area contributed by atoms with Gasteiger partial charge in [-0.1, -0.05) is 35.5 Å². The Labute approximate surface area is 170 Å². The fourth-order valence-electron chi connectivity index (χ4n) is 2.72. The van der Waals surface area contributed by atoms with Crippen LogP contribution in [-0.4, -0.2) is 26.8 Å². The Bertz CT molecular complexity index is 1120. The molecule has 6 nitrogen and oxygen atoms in total. The van der Waals surface area contributed by atoms with Crippen LogP contribution >= 0.6 is 23.1 Å². The number of aryl methyl sites for hydroxylation is 2. The zero-order valence-corrected chi connectivity index (χ0v) is 17.1. The van der Waals surface area contributed by atoms with Crippen molar-refractivity contribution in [1.29, 1.82) is 0 Å². The summed E-state index contributed by atoms with van der Waals surface area (Å²) in [6, 6.07) is 14.1. The first-order valence-electron chi connectivity index (χ1n) is 8.78. The number of aromatic nitrogens is 3. The average molecular weight is 411 g/mol. The molecule has 0 saturated carbocycles. The maximum Gasteiger partial charge on any atom is 0.226 e. The minimum absolute atomic E-state index is 0.0990. The molecule has 0 saturated heterocycles. The van der Waals surface area contributed by atoms with Crippen LogP contribution in [0.5, 0.6) is 0 Å². The van der Waals surface area contributed by atoms with Crippen LogP contribution in [0.1, 0.15) is 18.0 Å². The van der Waals surface area contributed by atoms with E-state index >= 15 is 0 Å². The Balaban J connectivity index is 1.47. The third-order valence-electron chi connectivity index (χ3n) is 3.99. The number of thiophene rings is 1. The maximum atomic E-state index is 12.1. The number of rotatable bonds is 6. The number of hydrogen-bond acceptors (Lipinski definition) is 7. The molecule has 1 amide bonds. The molecule has 28 heavy (non-hydrogen) atoms. The molecule has 1 N–H and O–H groups in total. The number of benzene rings is 1. The monoisotopic (exact) mass is 410 g/mol. The fourth-order valence-corrected chi connectivity index (χ4v) is 4.86. The Hall–Kier alpha value is -2.71. The SMILES string of the molecule is Cc1nc(SCCC(=O)Nc2cc(C)on2)c2cc(-c3ccccc3)sc2n1. The molecule has 3 heterocycles. The average Bonchev–Trinajstić information content (AvgIpc) is 3.28. The van der Waals surface area contributed by atoms with Crippen molar-refractivity contribution >= 4 is 45.0 Å². The van der Waals surface area contributed by atoms with Crippen molar-refractivity contribution in [3.8, 4) is 10.4 Å². The van der Waals surface area contributed by atoms with E-state index < -0.39 is 0 Å². The number of anilines is 1. The predicted octanol–water partition coefficient (Wildman–Crippen LogP) is 5.08. The van der Waals surface area contributed by atoms with E-state index in [0.717, 1.165) is 25.9 Å². The third-order valence-corrected chi connectivity index (χ3v) is 6.06. The van der Waals surface area contributed by atoms with Gasteiger partial charge < -0.3 is 9.84 Å². The molecule has 0 radical (unpaired) electrons. The summed E-state index contributed by atoms with van der Waals surface area (Å²) in [5, 5.41) is 8.45. The molecular formula is C20H18N4O2S2. The molecule has 0 unspecified atom stereocenters. The molecule has 0 aliphatic rings. The van der Waals surface area contributed by atoms with E-state index in [0.29, 0.717) is 23.8 Å². The Morgan fingerprint density at radius 1 is 1.18 bits per heavy atom. The first-order chi connectivity index (χ1) is 13.6. The minimum Gasteiger partial charge on any atom is -0.360 e. The van der Waals surface area contributed by atoms with Gasteiger partial charge in [0.25, 0.3) is 0 Å². The predicted molar refractivity (Wildman–Crippen MR) is 113 cm³/mol. The number of carbonyl (C=O) groups is 1. The maximum absolute atomic E-state index is 12.1. The molecule has 0 aliphatic carbocycles. The van der Waals surface area contributed by atoms with Crippen molar-refractivity contribution in [2.45, 2.75) is 25.3 Å². The molecule has 0 atom stereocenters. The Morgan fingerprint density at radius 3 is 2.75 bits per heavy atom. The minimum atomic E-state index is -0.0990. The number of carbonyl (C=O) groups excluding carboxylic acids is 1. The van der Waals surface area contributed by atoms with Crippen LogP contribution in [0.4, 0.5) is 5.82 Å². The van der Waals surface area contributed by atoms with Crippen LogP contribution < -0.4 is 5.32 Å². The number of hydrogen-bond donors (Lipinski definition) is 1. The van der Waals surface area contributed by atoms with E-state index in [1.807, 2.05) is 25.1 Å². The van der Waals surface area contributed by atoms with Crippen LogP contribution in [0.2, 0.25) is 0 Å². The van der Waals surface area contributed by atoms with Crippen LogP contribution in [-0.2, 0) is 4.79 Å². The second-order valence-corrected chi connectivity index (χ2v) is 8.36. The van der Waals surface area contributed by atoms with E-state index in [-0.39, 0.29) is 5.91 Å². The van der Waals surface area contributed by atoms with Crippen LogP contribution in [0.25, 0.3) is 20.7 Å². The van der Waals surface area contributed by atoms with Gasteiger partial charge in [-0.3, -0.25) is 4.79 Å². The highest BCUT2D eigenvalue weighted by molar-refractivity contribution is 7.99. The normalized spacial score (nSPS) is 11.1. The molecule has 0 bridgehead atoms. The van der Waals surface area contributed by atoms with Gasteiger partial charge >= 0.3 is 0 Å². The highest BCUT2D eigenvalue weighted by Gasteiger charge is 2.13. The van der Waals surface area contributed by atoms with Gasteiger partial charge in [0.2, 0.25) is 5.91 Å². The smallest absolute Gasteiger partial charge is 0.226 e. The molecule has 142 valence electrons. The molecule has 8 heteroatoms. The van der Waals surface area contributed by atoms with E-state index in [1.54, 1.807) is 36.1 Å². The lowest BCUT2D eigenvalue weighted by molar-refractivity contribution is -0.115. The molecule has 0 fully saturated rings. The van der Waals surface area contributed by atoms with Gasteiger partial charge in [0, 0.05) is 28.5 Å². The van der Waals surface area contributed by atoms with Gasteiger partial charge in [0.05, 0.1) is 0 Å². The van der Waals surface area contributed by atoms with Gasteiger partial charge in [-0.25, -0.2) is 9.97 Å². The molecule has 4 aromatic rings. The largest absolute Gasteiger partial charge is 0.360 e. The zero-order chi connectivity index (χ0) is 19.5. The number of amides is 1. The Kier molecular flexibility index (Phi) is 5.40. The topological polar surface area (TPSA) is 80.9 Å². The highest BCUT2D eigenvalue weighted by atomic mass is 32.2. The van der Waals surface area contributed by atoms with Crippen molar-refractivity contribution in [1.82, 2.24) is 15.1 Å². The van der Waals surface area contributed by atoms with Gasteiger partial charge in [0.15, 0.2) is 5.82 Å². The van der Waals surface area contributed by atoms with Gasteiger partial charge in [-0.05, 0) is 25.5 Å². The van der Waals surface area contributed by atoms with E-state index in [9.17, 15) is 4.79 Å². The lowest BCUT2D eigenvalue weighted by Gasteiger charge is -2.04. The molecule has 1 aromatic carbocycles. The van der Waals surface area contributed by atoms with Crippen molar-refractivity contribution < 1.29 is 9.32 Å². The number of thioether (sulfide) groups is 1. The summed E-state index contributed by atoms with van der Waals surface area (Å²) in [5.41, 5.74) is 1.17. The van der Waals surface area contributed by atoms with Crippen molar-refractivity contribution in [2.75, 3.05) is 11.1 Å². The van der Waals surface area contributed by atoms with Gasteiger partial charge in [-0.15, -0.1) is 23.1 Å². The molecule has 3 aromatic heterocycles. The van der Waals surface area contributed by atoms with Crippen molar-refractivity contribution in [2.24, 2.45) is 0 Å². The van der Waals surface area contributed by atoms with Gasteiger partial charge in [-0.2, -0.15) is 0 Å². The highest BCUT2D eigenvalue weighted by Crippen LogP contribution is 2.36. The number of nitrogens with one attached hydrogen (secondary N) is 1. The second kappa shape index (κ2) is 8.12. The lowest BCUT2D eigenvalue weighted by atomic mass is 10.2. The summed E-state index contributed by atoms with van der Waals surface area (Å²) >= 11 is 3.23. The second-order valence-electron chi connectivity index (χ2n) is 6.24. The number of nitrogens with zero attached hydrogens (tertiary/aromatic N) is 3. The summed E-state index contributed by atoms with van der Waals surface area (Å²) in [4.78, 5) is 23.4. The van der Waals surface area contributed by atoms with E-state index in [1.165, 1.54) is 5.56 Å². The molecular weight excluding hydrogens is 392 g/mol. The molecule has 0 aliphatic heterocycles. The Morgan fingerprint density at radius 2 is 2.00 bits per heavy atom. The third kappa shape index (κ3) is 4.23. The van der Waals surface area contributed by atoms with E-state index in [2.05, 4.69) is 38.6 Å².